The lowest BCUT2D eigenvalue weighted by atomic mass is 10.1. The molecule has 4 heterocycles. The number of anilines is 2. The second kappa shape index (κ2) is 7.60. The summed E-state index contributed by atoms with van der Waals surface area (Å²) in [6.45, 7) is 5.71. The number of hydrogen-bond acceptors (Lipinski definition) is 7. The third-order valence-corrected chi connectivity index (χ3v) is 5.77. The summed E-state index contributed by atoms with van der Waals surface area (Å²) in [5, 5.41) is 7.63. The average Bonchev–Trinajstić information content (AvgIpc) is 3.31. The molecule has 29 heavy (non-hydrogen) atoms. The van der Waals surface area contributed by atoms with E-state index in [4.69, 9.17) is 9.47 Å². The van der Waals surface area contributed by atoms with E-state index >= 15 is 0 Å². The molecule has 0 radical (unpaired) electrons. The van der Waals surface area contributed by atoms with Crippen LogP contribution < -0.4 is 9.80 Å². The van der Waals surface area contributed by atoms with Gasteiger partial charge in [-0.1, -0.05) is 5.21 Å². The molecule has 3 fully saturated rings. The highest BCUT2D eigenvalue weighted by Crippen LogP contribution is 2.29. The Labute approximate surface area is 167 Å². The van der Waals surface area contributed by atoms with Crippen molar-refractivity contribution in [2.75, 3.05) is 55.7 Å². The maximum atomic E-state index is 14.9. The number of aromatic nitrogens is 3. The Kier molecular flexibility index (Phi) is 4.80. The van der Waals surface area contributed by atoms with Crippen molar-refractivity contribution in [2.45, 2.75) is 18.7 Å². The Morgan fingerprint density at radius 3 is 2.66 bits per heavy atom. The van der Waals surface area contributed by atoms with E-state index in [2.05, 4.69) is 20.1 Å². The van der Waals surface area contributed by atoms with Crippen molar-refractivity contribution in [2.24, 2.45) is 0 Å². The number of piperazine rings is 1. The first-order valence-electron chi connectivity index (χ1n) is 9.86. The maximum Gasteiger partial charge on any atom is 0.414 e. The lowest BCUT2D eigenvalue weighted by Crippen LogP contribution is -2.56. The molecule has 0 aliphatic carbocycles. The van der Waals surface area contributed by atoms with E-state index in [0.29, 0.717) is 30.5 Å². The molecule has 5 rings (SSSR count). The van der Waals surface area contributed by atoms with Gasteiger partial charge in [-0.05, 0) is 18.2 Å². The van der Waals surface area contributed by atoms with E-state index < -0.39 is 6.09 Å². The molecule has 0 N–H and O–H groups in total. The lowest BCUT2D eigenvalue weighted by Gasteiger charge is -2.43. The minimum absolute atomic E-state index is 0.324. The molecule has 1 aromatic carbocycles. The van der Waals surface area contributed by atoms with E-state index in [1.807, 2.05) is 0 Å². The minimum Gasteiger partial charge on any atom is -0.442 e. The van der Waals surface area contributed by atoms with Gasteiger partial charge < -0.3 is 14.4 Å². The van der Waals surface area contributed by atoms with Gasteiger partial charge in [0.1, 0.15) is 11.9 Å². The summed E-state index contributed by atoms with van der Waals surface area (Å²) < 4.78 is 27.1. The van der Waals surface area contributed by atoms with Gasteiger partial charge in [0.25, 0.3) is 0 Å². The highest BCUT2D eigenvalue weighted by molar-refractivity contribution is 5.90. The van der Waals surface area contributed by atoms with Gasteiger partial charge >= 0.3 is 6.09 Å². The van der Waals surface area contributed by atoms with Crippen LogP contribution in [-0.4, -0.2) is 84.1 Å². The fraction of sp³-hybridized carbons (Fsp3) is 0.526. The number of halogens is 1. The van der Waals surface area contributed by atoms with Gasteiger partial charge in [-0.2, -0.15) is 0 Å². The summed E-state index contributed by atoms with van der Waals surface area (Å²) in [7, 11) is 0. The van der Waals surface area contributed by atoms with Crippen molar-refractivity contribution in [1.82, 2.24) is 19.9 Å². The van der Waals surface area contributed by atoms with E-state index in [0.717, 1.165) is 39.4 Å². The van der Waals surface area contributed by atoms with E-state index in [9.17, 15) is 9.18 Å². The molecule has 9 nitrogen and oxygen atoms in total. The Morgan fingerprint density at radius 2 is 2.00 bits per heavy atom. The molecule has 3 aliphatic rings. The van der Waals surface area contributed by atoms with Crippen LogP contribution in [0, 0.1) is 5.82 Å². The molecule has 0 saturated carbocycles. The highest BCUT2D eigenvalue weighted by atomic mass is 19.1. The Hall–Kier alpha value is -2.72. The Balaban J connectivity index is 1.23. The lowest BCUT2D eigenvalue weighted by molar-refractivity contribution is -0.0660. The first-order valence-corrected chi connectivity index (χ1v) is 9.86. The number of benzene rings is 1. The zero-order valence-electron chi connectivity index (χ0n) is 16.0. The predicted octanol–water partition coefficient (Wildman–Crippen LogP) is 0.963. The molecule has 154 valence electrons. The Bertz CT molecular complexity index is 867. The van der Waals surface area contributed by atoms with Gasteiger partial charge in [-0.15, -0.1) is 5.10 Å². The average molecular weight is 402 g/mol. The summed E-state index contributed by atoms with van der Waals surface area (Å²) in [5.41, 5.74) is 1.08. The third-order valence-electron chi connectivity index (χ3n) is 5.77. The van der Waals surface area contributed by atoms with Gasteiger partial charge in [0.15, 0.2) is 0 Å². The SMILES string of the molecule is O=C1OC(Cn2ccnn2)CN1c1ccc(N2CCN(C3COC3)CC2)c(F)c1. The number of rotatable bonds is 5. The fourth-order valence-corrected chi connectivity index (χ4v) is 4.05. The normalized spacial score (nSPS) is 23.3. The highest BCUT2D eigenvalue weighted by Gasteiger charge is 2.34. The molecular formula is C19H23FN6O3. The van der Waals surface area contributed by atoms with Crippen LogP contribution in [0.4, 0.5) is 20.6 Å². The molecule has 1 aromatic heterocycles. The Morgan fingerprint density at radius 1 is 1.17 bits per heavy atom. The molecule has 0 spiro atoms. The molecule has 3 aliphatic heterocycles. The first kappa shape index (κ1) is 18.3. The van der Waals surface area contributed by atoms with Crippen LogP contribution in [0.5, 0.6) is 0 Å². The first-order chi connectivity index (χ1) is 14.2. The van der Waals surface area contributed by atoms with Crippen molar-refractivity contribution < 1.29 is 18.7 Å². The van der Waals surface area contributed by atoms with Crippen molar-refractivity contribution in [1.29, 1.82) is 0 Å². The van der Waals surface area contributed by atoms with E-state index in [1.54, 1.807) is 29.2 Å². The minimum atomic E-state index is -0.474. The number of nitrogens with zero attached hydrogens (tertiary/aromatic N) is 6. The van der Waals surface area contributed by atoms with Crippen molar-refractivity contribution in [3.05, 3.63) is 36.4 Å². The molecule has 1 amide bonds. The summed E-state index contributed by atoms with van der Waals surface area (Å²) >= 11 is 0. The predicted molar refractivity (Wildman–Crippen MR) is 102 cm³/mol. The van der Waals surface area contributed by atoms with Crippen LogP contribution in [-0.2, 0) is 16.0 Å². The summed E-state index contributed by atoms with van der Waals surface area (Å²) in [6.07, 6.45) is 2.46. The molecule has 3 saturated heterocycles. The quantitative estimate of drug-likeness (QED) is 0.738. The van der Waals surface area contributed by atoms with E-state index in [1.165, 1.54) is 11.0 Å². The van der Waals surface area contributed by atoms with Crippen LogP contribution in [0.15, 0.2) is 30.6 Å². The van der Waals surface area contributed by atoms with Crippen LogP contribution in [0.3, 0.4) is 0 Å². The maximum absolute atomic E-state index is 14.9. The molecule has 0 bridgehead atoms. The number of ether oxygens (including phenoxy) is 2. The van der Waals surface area contributed by atoms with Crippen LogP contribution in [0.25, 0.3) is 0 Å². The molecular weight excluding hydrogens is 379 g/mol. The second-order valence-electron chi connectivity index (χ2n) is 7.59. The number of cyclic esters (lactones) is 1. The topological polar surface area (TPSA) is 76.0 Å². The van der Waals surface area contributed by atoms with Gasteiger partial charge in [-0.25, -0.2) is 13.9 Å². The van der Waals surface area contributed by atoms with Crippen LogP contribution in [0.1, 0.15) is 0 Å². The smallest absolute Gasteiger partial charge is 0.414 e. The van der Waals surface area contributed by atoms with E-state index in [-0.39, 0.29) is 11.9 Å². The third kappa shape index (κ3) is 3.65. The van der Waals surface area contributed by atoms with Crippen molar-refractivity contribution >= 4 is 17.5 Å². The standard InChI is InChI=1S/C19H23FN6O3/c20-17-9-14(26-11-16(29-19(26)27)10-25-4-3-21-22-25)1-2-18(17)24-7-5-23(6-8-24)15-12-28-13-15/h1-4,9,15-16H,5-8,10-13H2. The summed E-state index contributed by atoms with van der Waals surface area (Å²) in [4.78, 5) is 18.2. The summed E-state index contributed by atoms with van der Waals surface area (Å²) in [6, 6.07) is 5.46. The van der Waals surface area contributed by atoms with Gasteiger partial charge in [0, 0.05) is 32.4 Å². The monoisotopic (exact) mass is 402 g/mol. The van der Waals surface area contributed by atoms with Crippen molar-refractivity contribution in [3.8, 4) is 0 Å². The zero-order valence-corrected chi connectivity index (χ0v) is 16.0. The summed E-state index contributed by atoms with van der Waals surface area (Å²) in [5.74, 6) is -0.324. The molecule has 2 aromatic rings. The zero-order chi connectivity index (χ0) is 19.8. The number of amides is 1. The van der Waals surface area contributed by atoms with Crippen molar-refractivity contribution in [3.63, 3.8) is 0 Å². The fourth-order valence-electron chi connectivity index (χ4n) is 4.05. The molecule has 1 unspecified atom stereocenters. The number of hydrogen-bond donors (Lipinski definition) is 0. The van der Waals surface area contributed by atoms with Gasteiger partial charge in [-0.3, -0.25) is 9.80 Å². The molecule has 10 heteroatoms. The largest absolute Gasteiger partial charge is 0.442 e. The van der Waals surface area contributed by atoms with Crippen LogP contribution in [0.2, 0.25) is 0 Å². The number of carbonyl (C=O) groups is 1. The second-order valence-corrected chi connectivity index (χ2v) is 7.59. The molecule has 1 atom stereocenters. The van der Waals surface area contributed by atoms with Gasteiger partial charge in [0.05, 0.1) is 49.9 Å². The van der Waals surface area contributed by atoms with Gasteiger partial charge in [0.2, 0.25) is 0 Å². The van der Waals surface area contributed by atoms with Crippen LogP contribution >= 0.6 is 0 Å². The number of carbonyl (C=O) groups excluding carboxylic acids is 1.